The summed E-state index contributed by atoms with van der Waals surface area (Å²) in [5, 5.41) is 14.3. The van der Waals surface area contributed by atoms with Gasteiger partial charge in [-0.1, -0.05) is 12.1 Å². The lowest BCUT2D eigenvalue weighted by Crippen LogP contribution is -2.19. The number of rotatable bonds is 6. The van der Waals surface area contributed by atoms with Gasteiger partial charge < -0.3 is 15.6 Å². The molecule has 3 N–H and O–H groups in total. The molecule has 2 rings (SSSR count). The average molecular weight is 277 g/mol. The van der Waals surface area contributed by atoms with Crippen LogP contribution in [-0.4, -0.2) is 18.3 Å². The van der Waals surface area contributed by atoms with E-state index in [0.717, 1.165) is 16.9 Å². The van der Waals surface area contributed by atoms with E-state index in [1.165, 1.54) is 0 Å². The quantitative estimate of drug-likeness (QED) is 0.853. The van der Waals surface area contributed by atoms with Gasteiger partial charge in [-0.3, -0.25) is 0 Å². The SMILES string of the molecule is CCOc1ccc(C(CN)C(O)c2ccsc2)cc1. The highest BCUT2D eigenvalue weighted by Gasteiger charge is 2.21. The zero-order valence-electron chi connectivity index (χ0n) is 11.0. The lowest BCUT2D eigenvalue weighted by atomic mass is 9.90. The second kappa shape index (κ2) is 6.70. The fraction of sp³-hybridized carbons (Fsp3) is 0.333. The third-order valence-corrected chi connectivity index (χ3v) is 3.84. The zero-order valence-corrected chi connectivity index (χ0v) is 11.8. The van der Waals surface area contributed by atoms with Gasteiger partial charge in [0.15, 0.2) is 0 Å². The maximum atomic E-state index is 10.4. The van der Waals surface area contributed by atoms with E-state index in [2.05, 4.69) is 0 Å². The molecule has 0 aliphatic rings. The summed E-state index contributed by atoms with van der Waals surface area (Å²) in [7, 11) is 0. The molecule has 0 spiro atoms. The zero-order chi connectivity index (χ0) is 13.7. The second-order valence-corrected chi connectivity index (χ2v) is 5.13. The van der Waals surface area contributed by atoms with Crippen molar-refractivity contribution in [3.8, 4) is 5.75 Å². The second-order valence-electron chi connectivity index (χ2n) is 4.35. The van der Waals surface area contributed by atoms with Gasteiger partial charge in [0, 0.05) is 12.5 Å². The molecule has 1 heterocycles. The maximum absolute atomic E-state index is 10.4. The van der Waals surface area contributed by atoms with E-state index in [1.54, 1.807) is 11.3 Å². The first-order valence-corrected chi connectivity index (χ1v) is 7.33. The molecule has 2 atom stereocenters. The Labute approximate surface area is 117 Å². The molecule has 0 fully saturated rings. The molecule has 0 saturated heterocycles. The minimum atomic E-state index is -0.561. The van der Waals surface area contributed by atoms with Gasteiger partial charge in [0.2, 0.25) is 0 Å². The van der Waals surface area contributed by atoms with Crippen molar-refractivity contribution in [3.05, 3.63) is 52.2 Å². The van der Waals surface area contributed by atoms with Crippen LogP contribution in [0.15, 0.2) is 41.1 Å². The van der Waals surface area contributed by atoms with Crippen LogP contribution in [0.4, 0.5) is 0 Å². The van der Waals surface area contributed by atoms with Crippen LogP contribution in [0.1, 0.15) is 30.1 Å². The van der Waals surface area contributed by atoms with Crippen LogP contribution in [0.2, 0.25) is 0 Å². The molecule has 0 amide bonds. The molecule has 1 aromatic carbocycles. The minimum Gasteiger partial charge on any atom is -0.494 e. The van der Waals surface area contributed by atoms with Gasteiger partial charge in [-0.05, 0) is 47.0 Å². The highest BCUT2D eigenvalue weighted by Crippen LogP contribution is 2.32. The van der Waals surface area contributed by atoms with Crippen molar-refractivity contribution >= 4 is 11.3 Å². The van der Waals surface area contributed by atoms with Crippen LogP contribution < -0.4 is 10.5 Å². The Morgan fingerprint density at radius 3 is 2.47 bits per heavy atom. The smallest absolute Gasteiger partial charge is 0.119 e. The highest BCUT2D eigenvalue weighted by atomic mass is 32.1. The Morgan fingerprint density at radius 1 is 1.21 bits per heavy atom. The number of hydrogen-bond acceptors (Lipinski definition) is 4. The van der Waals surface area contributed by atoms with E-state index in [0.29, 0.717) is 13.2 Å². The van der Waals surface area contributed by atoms with Crippen molar-refractivity contribution in [2.75, 3.05) is 13.2 Å². The highest BCUT2D eigenvalue weighted by molar-refractivity contribution is 7.07. The third-order valence-electron chi connectivity index (χ3n) is 3.14. The molecule has 4 heteroatoms. The summed E-state index contributed by atoms with van der Waals surface area (Å²) in [5.41, 5.74) is 7.78. The first-order valence-electron chi connectivity index (χ1n) is 6.39. The molecule has 3 nitrogen and oxygen atoms in total. The predicted molar refractivity (Wildman–Crippen MR) is 78.7 cm³/mol. The Bertz CT molecular complexity index is 481. The lowest BCUT2D eigenvalue weighted by Gasteiger charge is -2.21. The Kier molecular flexibility index (Phi) is 4.96. The summed E-state index contributed by atoms with van der Waals surface area (Å²) in [6.07, 6.45) is -0.561. The molecular weight excluding hydrogens is 258 g/mol. The van der Waals surface area contributed by atoms with Crippen molar-refractivity contribution in [3.63, 3.8) is 0 Å². The molecule has 0 aliphatic heterocycles. The van der Waals surface area contributed by atoms with Gasteiger partial charge in [-0.15, -0.1) is 0 Å². The van der Waals surface area contributed by atoms with Gasteiger partial charge in [0.05, 0.1) is 12.7 Å². The number of aliphatic hydroxyl groups is 1. The first kappa shape index (κ1) is 14.1. The van der Waals surface area contributed by atoms with Gasteiger partial charge in [0.25, 0.3) is 0 Å². The topological polar surface area (TPSA) is 55.5 Å². The van der Waals surface area contributed by atoms with Crippen LogP contribution in [0, 0.1) is 0 Å². The van der Waals surface area contributed by atoms with E-state index in [-0.39, 0.29) is 5.92 Å². The van der Waals surface area contributed by atoms with E-state index >= 15 is 0 Å². The number of aliphatic hydroxyl groups excluding tert-OH is 1. The van der Waals surface area contributed by atoms with Gasteiger partial charge in [-0.25, -0.2) is 0 Å². The molecule has 1 aromatic heterocycles. The van der Waals surface area contributed by atoms with Gasteiger partial charge in [0.1, 0.15) is 5.75 Å². The van der Waals surface area contributed by atoms with Crippen molar-refractivity contribution in [1.82, 2.24) is 0 Å². The summed E-state index contributed by atoms with van der Waals surface area (Å²) in [6.45, 7) is 3.01. The number of thiophene rings is 1. The minimum absolute atomic E-state index is 0.0923. The van der Waals surface area contributed by atoms with Crippen LogP contribution in [0.5, 0.6) is 5.75 Å². The molecule has 0 bridgehead atoms. The molecule has 2 unspecified atom stereocenters. The number of hydrogen-bond donors (Lipinski definition) is 2. The Balaban J connectivity index is 2.17. The summed E-state index contributed by atoms with van der Waals surface area (Å²) >= 11 is 1.58. The average Bonchev–Trinajstić information content (AvgIpc) is 2.96. The molecule has 0 aliphatic carbocycles. The summed E-state index contributed by atoms with van der Waals surface area (Å²) < 4.78 is 5.41. The van der Waals surface area contributed by atoms with E-state index < -0.39 is 6.10 Å². The van der Waals surface area contributed by atoms with E-state index in [1.807, 2.05) is 48.0 Å². The number of ether oxygens (including phenoxy) is 1. The Morgan fingerprint density at radius 2 is 1.95 bits per heavy atom. The lowest BCUT2D eigenvalue weighted by molar-refractivity contribution is 0.148. The van der Waals surface area contributed by atoms with Crippen LogP contribution in [-0.2, 0) is 0 Å². The summed E-state index contributed by atoms with van der Waals surface area (Å²) in [5.74, 6) is 0.748. The molecule has 19 heavy (non-hydrogen) atoms. The third kappa shape index (κ3) is 3.35. The predicted octanol–water partition coefficient (Wildman–Crippen LogP) is 2.92. The fourth-order valence-corrected chi connectivity index (χ4v) is 2.79. The number of nitrogens with two attached hydrogens (primary N) is 1. The standard InChI is InChI=1S/C15H19NO2S/c1-2-18-13-5-3-11(4-6-13)14(9-16)15(17)12-7-8-19-10-12/h3-8,10,14-15,17H,2,9,16H2,1H3. The normalized spacial score (nSPS) is 14.1. The largest absolute Gasteiger partial charge is 0.494 e. The molecule has 0 saturated carbocycles. The van der Waals surface area contributed by atoms with E-state index in [9.17, 15) is 5.11 Å². The number of benzene rings is 1. The fourth-order valence-electron chi connectivity index (χ4n) is 2.10. The molecular formula is C15H19NO2S. The van der Waals surface area contributed by atoms with Gasteiger partial charge >= 0.3 is 0 Å². The van der Waals surface area contributed by atoms with Crippen LogP contribution in [0.25, 0.3) is 0 Å². The molecule has 102 valence electrons. The molecule has 2 aromatic rings. The van der Waals surface area contributed by atoms with Crippen molar-refractivity contribution in [2.45, 2.75) is 18.9 Å². The van der Waals surface area contributed by atoms with E-state index in [4.69, 9.17) is 10.5 Å². The van der Waals surface area contributed by atoms with Crippen molar-refractivity contribution < 1.29 is 9.84 Å². The van der Waals surface area contributed by atoms with Crippen LogP contribution in [0.3, 0.4) is 0 Å². The summed E-state index contributed by atoms with van der Waals surface area (Å²) in [6, 6.07) is 9.71. The Hall–Kier alpha value is -1.36. The first-order chi connectivity index (χ1) is 9.26. The molecule has 0 radical (unpaired) electrons. The summed E-state index contributed by atoms with van der Waals surface area (Å²) in [4.78, 5) is 0. The van der Waals surface area contributed by atoms with Crippen molar-refractivity contribution in [1.29, 1.82) is 0 Å². The van der Waals surface area contributed by atoms with Gasteiger partial charge in [-0.2, -0.15) is 11.3 Å². The maximum Gasteiger partial charge on any atom is 0.119 e. The van der Waals surface area contributed by atoms with Crippen LogP contribution >= 0.6 is 11.3 Å². The van der Waals surface area contributed by atoms with Crippen molar-refractivity contribution in [2.24, 2.45) is 5.73 Å². The monoisotopic (exact) mass is 277 g/mol.